The topological polar surface area (TPSA) is 84.2 Å². The number of benzene rings is 1. The first-order valence-corrected chi connectivity index (χ1v) is 13.1. The number of rotatable bonds is 5. The Hall–Kier alpha value is -3.55. The number of hydrogen-bond donors (Lipinski definition) is 0. The Morgan fingerprint density at radius 2 is 1.83 bits per heavy atom. The lowest BCUT2D eigenvalue weighted by atomic mass is 9.96. The van der Waals surface area contributed by atoms with E-state index < -0.39 is 0 Å². The minimum absolute atomic E-state index is 0.0871. The molecule has 1 fully saturated rings. The molecule has 1 atom stereocenters. The SMILES string of the molecule is CCN(CC)C(=O)[C@@H]1CCCN(C(=O)c2cnn(-c3ncc4c(n3)-c3ccccc3CCC4)c2C)C1. The van der Waals surface area contributed by atoms with Gasteiger partial charge in [0.25, 0.3) is 11.9 Å². The van der Waals surface area contributed by atoms with Crippen molar-refractivity contribution in [2.24, 2.45) is 5.92 Å². The van der Waals surface area contributed by atoms with E-state index in [4.69, 9.17) is 4.98 Å². The molecule has 0 unspecified atom stereocenters. The van der Waals surface area contributed by atoms with Crippen LogP contribution >= 0.6 is 0 Å². The summed E-state index contributed by atoms with van der Waals surface area (Å²) in [5.41, 5.74) is 5.77. The van der Waals surface area contributed by atoms with Gasteiger partial charge in [0.15, 0.2) is 0 Å². The summed E-state index contributed by atoms with van der Waals surface area (Å²) in [4.78, 5) is 39.6. The molecule has 0 saturated carbocycles. The van der Waals surface area contributed by atoms with Gasteiger partial charge in [0.1, 0.15) is 0 Å². The number of hydrogen-bond acceptors (Lipinski definition) is 5. The average molecular weight is 487 g/mol. The van der Waals surface area contributed by atoms with E-state index in [1.165, 1.54) is 5.56 Å². The lowest BCUT2D eigenvalue weighted by molar-refractivity contribution is -0.136. The van der Waals surface area contributed by atoms with Crippen LogP contribution in [-0.2, 0) is 17.6 Å². The van der Waals surface area contributed by atoms with Crippen LogP contribution in [0, 0.1) is 12.8 Å². The summed E-state index contributed by atoms with van der Waals surface area (Å²) in [5.74, 6) is 0.376. The highest BCUT2D eigenvalue weighted by atomic mass is 16.2. The number of piperidine rings is 1. The van der Waals surface area contributed by atoms with Crippen molar-refractivity contribution in [2.45, 2.75) is 52.9 Å². The molecular formula is C28H34N6O2. The van der Waals surface area contributed by atoms with Crippen molar-refractivity contribution in [3.05, 3.63) is 59.0 Å². The second kappa shape index (κ2) is 10.2. The molecule has 188 valence electrons. The zero-order chi connectivity index (χ0) is 25.2. The van der Waals surface area contributed by atoms with Gasteiger partial charge in [0, 0.05) is 37.9 Å². The maximum Gasteiger partial charge on any atom is 0.257 e. The first-order valence-electron chi connectivity index (χ1n) is 13.1. The minimum atomic E-state index is -0.147. The van der Waals surface area contributed by atoms with Crippen LogP contribution in [-0.4, -0.2) is 67.5 Å². The van der Waals surface area contributed by atoms with E-state index in [2.05, 4.69) is 28.3 Å². The van der Waals surface area contributed by atoms with Gasteiger partial charge in [-0.1, -0.05) is 24.3 Å². The third-order valence-corrected chi connectivity index (χ3v) is 7.58. The number of carbonyl (C=O) groups is 2. The molecule has 0 N–H and O–H groups in total. The van der Waals surface area contributed by atoms with Crippen LogP contribution in [0.3, 0.4) is 0 Å². The van der Waals surface area contributed by atoms with Crippen molar-refractivity contribution in [3.63, 3.8) is 0 Å². The van der Waals surface area contributed by atoms with Crippen molar-refractivity contribution in [2.75, 3.05) is 26.2 Å². The van der Waals surface area contributed by atoms with E-state index in [0.29, 0.717) is 43.4 Å². The highest BCUT2D eigenvalue weighted by Gasteiger charge is 2.32. The molecule has 0 spiro atoms. The largest absolute Gasteiger partial charge is 0.343 e. The van der Waals surface area contributed by atoms with Gasteiger partial charge in [0.05, 0.1) is 29.1 Å². The molecule has 0 radical (unpaired) electrons. The fourth-order valence-electron chi connectivity index (χ4n) is 5.50. The van der Waals surface area contributed by atoms with Crippen molar-refractivity contribution in [3.8, 4) is 17.2 Å². The molecule has 2 amide bonds. The number of carbonyl (C=O) groups excluding carboxylic acids is 2. The zero-order valence-electron chi connectivity index (χ0n) is 21.4. The van der Waals surface area contributed by atoms with Gasteiger partial charge in [-0.25, -0.2) is 14.6 Å². The van der Waals surface area contributed by atoms with Crippen LogP contribution in [0.4, 0.5) is 0 Å². The summed E-state index contributed by atoms with van der Waals surface area (Å²) in [6.07, 6.45) is 8.18. The number of nitrogens with zero attached hydrogens (tertiary/aromatic N) is 6. The third-order valence-electron chi connectivity index (χ3n) is 7.58. The number of likely N-dealkylation sites (tertiary alicyclic amines) is 1. The monoisotopic (exact) mass is 486 g/mol. The first kappa shape index (κ1) is 24.2. The van der Waals surface area contributed by atoms with Crippen LogP contribution in [0.15, 0.2) is 36.7 Å². The molecule has 1 saturated heterocycles. The summed E-state index contributed by atoms with van der Waals surface area (Å²) in [6, 6.07) is 8.40. The lowest BCUT2D eigenvalue weighted by Crippen LogP contribution is -2.46. The van der Waals surface area contributed by atoms with Crippen LogP contribution in [0.2, 0.25) is 0 Å². The number of fused-ring (bicyclic) bond motifs is 3. The van der Waals surface area contributed by atoms with Gasteiger partial charge < -0.3 is 9.80 Å². The Bertz CT molecular complexity index is 1280. The molecule has 1 aliphatic carbocycles. The Morgan fingerprint density at radius 1 is 1.06 bits per heavy atom. The van der Waals surface area contributed by atoms with Crippen molar-refractivity contribution >= 4 is 11.8 Å². The van der Waals surface area contributed by atoms with Crippen molar-refractivity contribution in [1.29, 1.82) is 0 Å². The summed E-state index contributed by atoms with van der Waals surface area (Å²) in [7, 11) is 0. The molecule has 1 aromatic carbocycles. The second-order valence-electron chi connectivity index (χ2n) is 9.71. The highest BCUT2D eigenvalue weighted by molar-refractivity contribution is 5.95. The summed E-state index contributed by atoms with van der Waals surface area (Å²) in [5, 5.41) is 4.51. The summed E-state index contributed by atoms with van der Waals surface area (Å²) < 4.78 is 1.66. The van der Waals surface area contributed by atoms with Gasteiger partial charge in [-0.15, -0.1) is 0 Å². The van der Waals surface area contributed by atoms with E-state index in [-0.39, 0.29) is 17.7 Å². The van der Waals surface area contributed by atoms with Crippen LogP contribution in [0.1, 0.15) is 60.3 Å². The molecule has 2 aromatic heterocycles. The Kier molecular flexibility index (Phi) is 6.85. The number of amides is 2. The fraction of sp³-hybridized carbons (Fsp3) is 0.464. The van der Waals surface area contributed by atoms with Crippen LogP contribution in [0.25, 0.3) is 17.2 Å². The maximum atomic E-state index is 13.5. The van der Waals surface area contributed by atoms with E-state index in [9.17, 15) is 9.59 Å². The molecule has 3 aromatic rings. The van der Waals surface area contributed by atoms with Gasteiger partial charge in [-0.2, -0.15) is 5.10 Å². The van der Waals surface area contributed by atoms with E-state index in [1.807, 2.05) is 37.9 Å². The maximum absolute atomic E-state index is 13.5. The molecule has 3 heterocycles. The van der Waals surface area contributed by atoms with E-state index in [1.54, 1.807) is 15.8 Å². The molecule has 36 heavy (non-hydrogen) atoms. The average Bonchev–Trinajstić information content (AvgIpc) is 3.20. The van der Waals surface area contributed by atoms with E-state index >= 15 is 0 Å². The van der Waals surface area contributed by atoms with Gasteiger partial charge in [-0.3, -0.25) is 9.59 Å². The molecular weight excluding hydrogens is 452 g/mol. The predicted octanol–water partition coefficient (Wildman–Crippen LogP) is 3.85. The summed E-state index contributed by atoms with van der Waals surface area (Å²) >= 11 is 0. The molecule has 8 nitrogen and oxygen atoms in total. The first-order chi connectivity index (χ1) is 17.5. The second-order valence-corrected chi connectivity index (χ2v) is 9.71. The standard InChI is InChI=1S/C28H34N6O2/c1-4-32(5-2)26(35)22-13-9-15-33(18-22)27(36)24-17-30-34(19(24)3)28-29-16-21-12-8-11-20-10-6-7-14-23(20)25(21)31-28/h6-7,10,14,16-17,22H,4-5,8-9,11-13,15,18H2,1-3H3/t22-/m1/s1. The Labute approximate surface area is 212 Å². The van der Waals surface area contributed by atoms with Crippen molar-refractivity contribution in [1.82, 2.24) is 29.5 Å². The third kappa shape index (κ3) is 4.40. The molecule has 1 aliphatic heterocycles. The quantitative estimate of drug-likeness (QED) is 0.547. The number of aromatic nitrogens is 4. The Balaban J connectivity index is 1.40. The predicted molar refractivity (Wildman–Crippen MR) is 138 cm³/mol. The van der Waals surface area contributed by atoms with E-state index in [0.717, 1.165) is 48.9 Å². The van der Waals surface area contributed by atoms with Gasteiger partial charge in [0.2, 0.25) is 5.91 Å². The van der Waals surface area contributed by atoms with Gasteiger partial charge >= 0.3 is 0 Å². The Morgan fingerprint density at radius 3 is 2.64 bits per heavy atom. The van der Waals surface area contributed by atoms with Gasteiger partial charge in [-0.05, 0) is 64.0 Å². The molecule has 8 heteroatoms. The highest BCUT2D eigenvalue weighted by Crippen LogP contribution is 2.31. The molecule has 5 rings (SSSR count). The summed E-state index contributed by atoms with van der Waals surface area (Å²) in [6.45, 7) is 8.35. The van der Waals surface area contributed by atoms with Crippen LogP contribution in [0.5, 0.6) is 0 Å². The normalized spacial score (nSPS) is 17.2. The zero-order valence-corrected chi connectivity index (χ0v) is 21.4. The molecule has 0 bridgehead atoms. The minimum Gasteiger partial charge on any atom is -0.343 e. The van der Waals surface area contributed by atoms with Crippen molar-refractivity contribution < 1.29 is 9.59 Å². The number of aryl methyl sites for hydroxylation is 2. The van der Waals surface area contributed by atoms with Crippen LogP contribution < -0.4 is 0 Å². The smallest absolute Gasteiger partial charge is 0.257 e. The molecule has 2 aliphatic rings. The lowest BCUT2D eigenvalue weighted by Gasteiger charge is -2.34. The fourth-order valence-corrected chi connectivity index (χ4v) is 5.50.